The van der Waals surface area contributed by atoms with Crippen molar-refractivity contribution >= 4 is 29.3 Å². The van der Waals surface area contributed by atoms with Crippen LogP contribution in [0.4, 0.5) is 18.9 Å². The van der Waals surface area contributed by atoms with E-state index in [9.17, 15) is 22.8 Å². The summed E-state index contributed by atoms with van der Waals surface area (Å²) in [6.45, 7) is 1.95. The summed E-state index contributed by atoms with van der Waals surface area (Å²) in [5.74, 6) is -1.18. The van der Waals surface area contributed by atoms with Crippen LogP contribution in [-0.2, 0) is 9.59 Å². The second-order valence-corrected chi connectivity index (χ2v) is 7.01. The molecule has 2 aromatic rings. The number of halogens is 3. The maximum Gasteiger partial charge on any atom is 0.573 e. The van der Waals surface area contributed by atoms with Crippen LogP contribution in [0.3, 0.4) is 0 Å². The molecule has 1 atom stereocenters. The number of aryl methyl sites for hydroxylation is 1. The van der Waals surface area contributed by atoms with Gasteiger partial charge in [-0.15, -0.1) is 24.9 Å². The van der Waals surface area contributed by atoms with Crippen LogP contribution < -0.4 is 9.64 Å². The summed E-state index contributed by atoms with van der Waals surface area (Å²) >= 11 is 1.30. The summed E-state index contributed by atoms with van der Waals surface area (Å²) in [6.07, 6.45) is -4.76. The van der Waals surface area contributed by atoms with Crippen molar-refractivity contribution in [2.75, 3.05) is 4.90 Å². The molecule has 2 amide bonds. The van der Waals surface area contributed by atoms with E-state index in [0.717, 1.165) is 27.5 Å². The van der Waals surface area contributed by atoms with E-state index in [-0.39, 0.29) is 23.9 Å². The highest BCUT2D eigenvalue weighted by Crippen LogP contribution is 2.35. The van der Waals surface area contributed by atoms with Crippen molar-refractivity contribution in [2.24, 2.45) is 0 Å². The highest BCUT2D eigenvalue weighted by molar-refractivity contribution is 8.00. The van der Waals surface area contributed by atoms with Gasteiger partial charge in [0.15, 0.2) is 0 Å². The van der Waals surface area contributed by atoms with Crippen molar-refractivity contribution in [2.45, 2.75) is 29.9 Å². The minimum atomic E-state index is -4.80. The lowest BCUT2D eigenvalue weighted by Gasteiger charge is -2.16. The lowest BCUT2D eigenvalue weighted by molar-refractivity contribution is -0.274. The first-order valence-electron chi connectivity index (χ1n) is 7.69. The number of thioether (sulfide) groups is 1. The summed E-state index contributed by atoms with van der Waals surface area (Å²) in [4.78, 5) is 26.7. The molecule has 1 aliphatic rings. The molecular weight excluding hydrogens is 367 g/mol. The Labute approximate surface area is 151 Å². The molecule has 4 nitrogen and oxygen atoms in total. The molecule has 0 N–H and O–H groups in total. The summed E-state index contributed by atoms with van der Waals surface area (Å²) < 4.78 is 40.4. The molecule has 0 aromatic heterocycles. The predicted molar refractivity (Wildman–Crippen MR) is 91.1 cm³/mol. The van der Waals surface area contributed by atoms with Crippen LogP contribution in [0.5, 0.6) is 5.75 Å². The lowest BCUT2D eigenvalue weighted by Crippen LogP contribution is -2.31. The third-order valence-electron chi connectivity index (χ3n) is 3.73. The normalized spacial score (nSPS) is 17.7. The van der Waals surface area contributed by atoms with Gasteiger partial charge in [-0.2, -0.15) is 0 Å². The topological polar surface area (TPSA) is 46.6 Å². The van der Waals surface area contributed by atoms with Crippen LogP contribution >= 0.6 is 11.8 Å². The van der Waals surface area contributed by atoms with Crippen molar-refractivity contribution in [3.63, 3.8) is 0 Å². The second-order valence-electron chi connectivity index (χ2n) is 5.73. The van der Waals surface area contributed by atoms with E-state index in [4.69, 9.17) is 0 Å². The zero-order valence-corrected chi connectivity index (χ0v) is 14.4. The molecule has 136 valence electrons. The number of amides is 2. The fraction of sp³-hybridized carbons (Fsp3) is 0.222. The number of carbonyl (C=O) groups is 2. The number of anilines is 1. The number of benzene rings is 2. The van der Waals surface area contributed by atoms with Gasteiger partial charge in [-0.25, -0.2) is 4.90 Å². The van der Waals surface area contributed by atoms with E-state index in [1.165, 1.54) is 23.9 Å². The average molecular weight is 381 g/mol. The van der Waals surface area contributed by atoms with E-state index in [1.807, 2.05) is 31.2 Å². The zero-order valence-electron chi connectivity index (χ0n) is 13.6. The Morgan fingerprint density at radius 2 is 1.65 bits per heavy atom. The van der Waals surface area contributed by atoms with Crippen LogP contribution in [0.1, 0.15) is 12.0 Å². The quantitative estimate of drug-likeness (QED) is 0.740. The third kappa shape index (κ3) is 4.19. The molecule has 0 spiro atoms. The smallest absolute Gasteiger partial charge is 0.406 e. The standard InChI is InChI=1S/C18H14F3NO3S/c1-11-2-8-14(9-3-11)26-15-10-16(23)22(17(15)24)12-4-6-13(7-5-12)25-18(19,20)21/h2-9,15H,10H2,1H3. The Morgan fingerprint density at radius 3 is 2.23 bits per heavy atom. The first kappa shape index (κ1) is 18.3. The van der Waals surface area contributed by atoms with Gasteiger partial charge in [0.05, 0.1) is 10.9 Å². The monoisotopic (exact) mass is 381 g/mol. The van der Waals surface area contributed by atoms with Crippen molar-refractivity contribution in [1.29, 1.82) is 0 Å². The highest BCUT2D eigenvalue weighted by atomic mass is 32.2. The minimum Gasteiger partial charge on any atom is -0.406 e. The maximum absolute atomic E-state index is 12.6. The fourth-order valence-electron chi connectivity index (χ4n) is 2.55. The fourth-order valence-corrected chi connectivity index (χ4v) is 3.60. The highest BCUT2D eigenvalue weighted by Gasteiger charge is 2.40. The van der Waals surface area contributed by atoms with Gasteiger partial charge in [-0.05, 0) is 43.3 Å². The zero-order chi connectivity index (χ0) is 18.9. The van der Waals surface area contributed by atoms with Crippen LogP contribution in [0.25, 0.3) is 0 Å². The van der Waals surface area contributed by atoms with Gasteiger partial charge in [0, 0.05) is 11.3 Å². The van der Waals surface area contributed by atoms with Gasteiger partial charge < -0.3 is 4.74 Å². The van der Waals surface area contributed by atoms with Gasteiger partial charge in [0.25, 0.3) is 0 Å². The molecule has 0 radical (unpaired) electrons. The molecule has 0 saturated carbocycles. The number of alkyl halides is 3. The van der Waals surface area contributed by atoms with Crippen molar-refractivity contribution in [1.82, 2.24) is 0 Å². The Kier molecular flexibility index (Phi) is 4.95. The molecule has 1 unspecified atom stereocenters. The molecule has 0 bridgehead atoms. The summed E-state index contributed by atoms with van der Waals surface area (Å²) in [5.41, 5.74) is 1.31. The Hall–Kier alpha value is -2.48. The summed E-state index contributed by atoms with van der Waals surface area (Å²) in [5, 5.41) is -0.559. The van der Waals surface area contributed by atoms with Gasteiger partial charge in [0.1, 0.15) is 5.75 Å². The molecule has 3 rings (SSSR count). The number of ether oxygens (including phenoxy) is 1. The van der Waals surface area contributed by atoms with E-state index in [2.05, 4.69) is 4.74 Å². The molecule has 1 heterocycles. The van der Waals surface area contributed by atoms with E-state index >= 15 is 0 Å². The molecule has 1 saturated heterocycles. The Bertz CT molecular complexity index is 819. The Balaban J connectivity index is 1.73. The molecule has 1 aliphatic heterocycles. The van der Waals surface area contributed by atoms with Crippen LogP contribution in [0.15, 0.2) is 53.4 Å². The van der Waals surface area contributed by atoms with Gasteiger partial charge in [0.2, 0.25) is 11.8 Å². The molecule has 8 heteroatoms. The lowest BCUT2D eigenvalue weighted by atomic mass is 10.2. The first-order valence-corrected chi connectivity index (χ1v) is 8.57. The van der Waals surface area contributed by atoms with Crippen molar-refractivity contribution in [3.8, 4) is 5.75 Å². The third-order valence-corrected chi connectivity index (χ3v) is 4.93. The summed E-state index contributed by atoms with van der Waals surface area (Å²) in [7, 11) is 0. The number of carbonyl (C=O) groups excluding carboxylic acids is 2. The molecule has 26 heavy (non-hydrogen) atoms. The number of hydrogen-bond acceptors (Lipinski definition) is 4. The van der Waals surface area contributed by atoms with Crippen LogP contribution in [0, 0.1) is 6.92 Å². The number of hydrogen-bond donors (Lipinski definition) is 0. The van der Waals surface area contributed by atoms with E-state index in [0.29, 0.717) is 0 Å². The SMILES string of the molecule is Cc1ccc(SC2CC(=O)N(c3ccc(OC(F)(F)F)cc3)C2=O)cc1. The number of nitrogens with zero attached hydrogens (tertiary/aromatic N) is 1. The van der Waals surface area contributed by atoms with Gasteiger partial charge in [-0.1, -0.05) is 17.7 Å². The number of imide groups is 1. The van der Waals surface area contributed by atoms with Crippen molar-refractivity contribution in [3.05, 3.63) is 54.1 Å². The average Bonchev–Trinajstić information content (AvgIpc) is 2.83. The predicted octanol–water partition coefficient (Wildman–Crippen LogP) is 4.32. The minimum absolute atomic E-state index is 0.0399. The summed E-state index contributed by atoms with van der Waals surface area (Å²) in [6, 6.07) is 12.3. The van der Waals surface area contributed by atoms with Crippen molar-refractivity contribution < 1.29 is 27.5 Å². The number of rotatable bonds is 4. The van der Waals surface area contributed by atoms with Crippen LogP contribution in [-0.4, -0.2) is 23.4 Å². The van der Waals surface area contributed by atoms with Gasteiger partial charge >= 0.3 is 6.36 Å². The molecular formula is C18H14F3NO3S. The molecule has 0 aliphatic carbocycles. The molecule has 1 fully saturated rings. The van der Waals surface area contributed by atoms with E-state index in [1.54, 1.807) is 0 Å². The second kappa shape index (κ2) is 7.03. The first-order chi connectivity index (χ1) is 12.2. The largest absolute Gasteiger partial charge is 0.573 e. The van der Waals surface area contributed by atoms with Crippen LogP contribution in [0.2, 0.25) is 0 Å². The molecule has 2 aromatic carbocycles. The van der Waals surface area contributed by atoms with Gasteiger partial charge in [-0.3, -0.25) is 9.59 Å². The Morgan fingerprint density at radius 1 is 1.04 bits per heavy atom. The van der Waals surface area contributed by atoms with E-state index < -0.39 is 17.4 Å². The maximum atomic E-state index is 12.6.